The summed E-state index contributed by atoms with van der Waals surface area (Å²) in [4.78, 5) is 35.0. The van der Waals surface area contributed by atoms with E-state index in [1.165, 1.54) is 29.3 Å². The van der Waals surface area contributed by atoms with Gasteiger partial charge in [-0.25, -0.2) is 21.6 Å². The molecule has 4 aliphatic rings. The molecule has 6 heterocycles. The normalized spacial score (nSPS) is 24.0. The number of phenols is 1. The summed E-state index contributed by atoms with van der Waals surface area (Å²) in [6, 6.07) is 4.01. The summed E-state index contributed by atoms with van der Waals surface area (Å²) in [6.07, 6.45) is 9.70. The Labute approximate surface area is 301 Å². The van der Waals surface area contributed by atoms with Crippen molar-refractivity contribution >= 4 is 48.3 Å². The van der Waals surface area contributed by atoms with Gasteiger partial charge in [0.15, 0.2) is 5.82 Å². The average molecular weight is 747 g/mol. The lowest BCUT2D eigenvalue weighted by Crippen LogP contribution is -2.58. The fraction of sp³-hybridized carbons (Fsp3) is 0.417. The zero-order valence-corrected chi connectivity index (χ0v) is 29.3. The Kier molecular flexibility index (Phi) is 8.32. The van der Waals surface area contributed by atoms with E-state index in [1.807, 2.05) is 4.90 Å². The predicted octanol–water partition coefficient (Wildman–Crippen LogP) is 3.62. The molecule has 2 bridgehead atoms. The molecule has 4 aromatic rings. The zero-order chi connectivity index (χ0) is 37.4. The number of benzene rings is 2. The minimum Gasteiger partial charge on any atom is -0.508 e. The molecule has 0 radical (unpaired) electrons. The van der Waals surface area contributed by atoms with E-state index in [2.05, 4.69) is 25.6 Å². The van der Waals surface area contributed by atoms with E-state index in [1.54, 1.807) is 0 Å². The van der Waals surface area contributed by atoms with Gasteiger partial charge >= 0.3 is 17.0 Å². The van der Waals surface area contributed by atoms with E-state index in [-0.39, 0.29) is 76.8 Å². The van der Waals surface area contributed by atoms with Gasteiger partial charge in [-0.05, 0) is 55.8 Å². The molecule has 1 N–H and O–H groups in total. The number of hydrogen-bond donors (Lipinski definition) is 1. The highest BCUT2D eigenvalue weighted by Crippen LogP contribution is 2.42. The van der Waals surface area contributed by atoms with Crippen molar-refractivity contribution in [2.75, 3.05) is 43.9 Å². The number of nitrogens with zero attached hydrogens (tertiary/aromatic N) is 8. The minimum absolute atomic E-state index is 0.0345. The average Bonchev–Trinajstić information content (AvgIpc) is 3.73. The molecular weight excluding hydrogens is 714 g/mol. The Bertz CT molecular complexity index is 2420. The van der Waals surface area contributed by atoms with Crippen molar-refractivity contribution in [3.8, 4) is 35.4 Å². The number of anilines is 1. The van der Waals surface area contributed by atoms with Crippen molar-refractivity contribution in [2.24, 2.45) is 0 Å². The third-order valence-electron chi connectivity index (χ3n) is 11.0. The third-order valence-corrected chi connectivity index (χ3v) is 11.9. The quantitative estimate of drug-likeness (QED) is 0.105. The van der Waals surface area contributed by atoms with Crippen LogP contribution in [0.25, 0.3) is 38.5 Å². The van der Waals surface area contributed by atoms with E-state index in [0.717, 1.165) is 25.3 Å². The molecule has 0 spiro atoms. The van der Waals surface area contributed by atoms with Crippen molar-refractivity contribution in [3.63, 3.8) is 0 Å². The second-order valence-corrected chi connectivity index (χ2v) is 16.1. The largest absolute Gasteiger partial charge is 0.508 e. The number of rotatable bonds is 5. The number of halogens is 3. The highest BCUT2D eigenvalue weighted by atomic mass is 32.2. The Balaban J connectivity index is 1.24. The number of ether oxygens (including phenoxy) is 1. The molecule has 4 aliphatic heterocycles. The molecule has 4 atom stereocenters. The van der Waals surface area contributed by atoms with Crippen molar-refractivity contribution < 1.29 is 41.0 Å². The van der Waals surface area contributed by atoms with Gasteiger partial charge < -0.3 is 25.2 Å². The third kappa shape index (κ3) is 5.72. The summed E-state index contributed by atoms with van der Waals surface area (Å²) in [5.41, 5.74) is 8.27. The predicted molar refractivity (Wildman–Crippen MR) is 188 cm³/mol. The van der Waals surface area contributed by atoms with Crippen molar-refractivity contribution in [1.82, 2.24) is 24.8 Å². The smallest absolute Gasteiger partial charge is 0.468 e. The maximum atomic E-state index is 17.0. The van der Waals surface area contributed by atoms with Crippen molar-refractivity contribution in [2.45, 2.75) is 55.9 Å². The number of phenolic OH excluding ortho intramolecular Hbond substituents is 1. The number of pyridine rings is 1. The second kappa shape index (κ2) is 12.7. The topological polar surface area (TPSA) is 165 Å². The molecule has 274 valence electrons. The molecule has 13 nitrogen and oxygen atoms in total. The van der Waals surface area contributed by atoms with Gasteiger partial charge in [-0.1, -0.05) is 12.0 Å². The first-order valence-electron chi connectivity index (χ1n) is 17.1. The lowest BCUT2D eigenvalue weighted by Gasteiger charge is -2.41. The van der Waals surface area contributed by atoms with Crippen LogP contribution in [0, 0.1) is 24.0 Å². The van der Waals surface area contributed by atoms with Gasteiger partial charge in [0.25, 0.3) is 9.84 Å². The molecule has 2 unspecified atom stereocenters. The first-order chi connectivity index (χ1) is 25.3. The van der Waals surface area contributed by atoms with Crippen LogP contribution >= 0.6 is 0 Å². The van der Waals surface area contributed by atoms with Crippen LogP contribution in [-0.2, 0) is 14.6 Å². The number of carbonyl (C=O) groups excluding carboxylic acids is 1. The van der Waals surface area contributed by atoms with E-state index in [4.69, 9.17) is 16.1 Å². The summed E-state index contributed by atoms with van der Waals surface area (Å²) < 4.78 is 77.1. The molecule has 8 rings (SSSR count). The molecule has 0 saturated carbocycles. The highest BCUT2D eigenvalue weighted by Gasteiger charge is 2.50. The molecule has 53 heavy (non-hydrogen) atoms. The van der Waals surface area contributed by atoms with E-state index < -0.39 is 56.2 Å². The maximum absolute atomic E-state index is 17.0. The molecule has 4 saturated heterocycles. The Morgan fingerprint density at radius 2 is 1.94 bits per heavy atom. The number of sulfone groups is 1. The van der Waals surface area contributed by atoms with Gasteiger partial charge in [0.1, 0.15) is 41.4 Å². The number of carbonyl (C=O) groups is 1. The van der Waals surface area contributed by atoms with Crippen LogP contribution in [0.2, 0.25) is 0 Å². The second-order valence-electron chi connectivity index (χ2n) is 14.2. The van der Waals surface area contributed by atoms with Gasteiger partial charge in [-0.15, -0.1) is 11.2 Å². The Morgan fingerprint density at radius 1 is 1.19 bits per heavy atom. The van der Waals surface area contributed by atoms with Crippen molar-refractivity contribution in [3.05, 3.63) is 53.2 Å². The van der Waals surface area contributed by atoms with E-state index in [9.17, 15) is 32.6 Å². The number of alkyl halides is 1. The summed E-state index contributed by atoms with van der Waals surface area (Å²) in [6.45, 7) is 1.39. The van der Waals surface area contributed by atoms with Gasteiger partial charge in [0.05, 0.1) is 34.8 Å². The summed E-state index contributed by atoms with van der Waals surface area (Å²) in [5, 5.41) is 10.3. The summed E-state index contributed by atoms with van der Waals surface area (Å²) >= 11 is 0. The van der Waals surface area contributed by atoms with Crippen LogP contribution in [-0.4, -0.2) is 117 Å². The lowest BCUT2D eigenvalue weighted by atomic mass is 9.95. The number of amides is 1. The van der Waals surface area contributed by atoms with E-state index in [0.29, 0.717) is 31.2 Å². The number of aromatic hydroxyl groups is 1. The highest BCUT2D eigenvalue weighted by molar-refractivity contribution is 8.07. The minimum atomic E-state index is -4.13. The van der Waals surface area contributed by atoms with Gasteiger partial charge in [0.2, 0.25) is 0 Å². The maximum Gasteiger partial charge on any atom is 0.468 e. The van der Waals surface area contributed by atoms with Crippen LogP contribution in [0.4, 0.5) is 19.0 Å². The monoisotopic (exact) mass is 746 g/mol. The Hall–Kier alpha value is -5.30. The van der Waals surface area contributed by atoms with Crippen LogP contribution in [0.5, 0.6) is 11.8 Å². The van der Waals surface area contributed by atoms with Crippen molar-refractivity contribution in [1.29, 1.82) is 0 Å². The number of aromatic nitrogens is 3. The summed E-state index contributed by atoms with van der Waals surface area (Å²) in [7, 11) is -4.13. The zero-order valence-electron chi connectivity index (χ0n) is 28.5. The van der Waals surface area contributed by atoms with Crippen LogP contribution in [0.1, 0.15) is 37.7 Å². The molecule has 1 amide bonds. The van der Waals surface area contributed by atoms with Gasteiger partial charge in [-0.3, -0.25) is 14.7 Å². The van der Waals surface area contributed by atoms with Crippen LogP contribution in [0.15, 0.2) is 30.5 Å². The number of terminal acetylenes is 1. The fourth-order valence-corrected chi connectivity index (χ4v) is 9.28. The number of hydrogen-bond acceptors (Lipinski definition) is 10. The molecule has 2 aromatic carbocycles. The molecule has 4 fully saturated rings. The fourth-order valence-electron chi connectivity index (χ4n) is 8.71. The molecule has 0 aliphatic carbocycles. The molecular formula is C36H33F3N8O5S. The molecule has 2 aromatic heterocycles. The number of piperazine rings is 1. The van der Waals surface area contributed by atoms with Gasteiger partial charge in [0, 0.05) is 43.2 Å². The number of fused-ring (bicyclic) bond motifs is 5. The van der Waals surface area contributed by atoms with Gasteiger partial charge in [-0.2, -0.15) is 9.97 Å². The first-order valence-corrected chi connectivity index (χ1v) is 19.0. The SMILES string of the molecule is C#Cc1c(F)ccc2cc(O)cc(-c3ncc4c(N5CC6CCC(C5)N6C(=O)C(=[N+]=[N-])S(C)(=O)=O)nc(OC[C@@]56CCCN5C[C@H](F)C6)nc4c3F)c12. The Morgan fingerprint density at radius 3 is 2.64 bits per heavy atom. The first kappa shape index (κ1) is 34.8. The van der Waals surface area contributed by atoms with Crippen LogP contribution in [0.3, 0.4) is 0 Å². The standard InChI is InChI=1S/C36H33F3N8O5S/c1-3-24-27(38)8-5-19-11-23(48)12-25(28(19)24)30-29(39)31-26(14-41-30)32(43-35(42-31)52-18-36-9-4-10-46(36)15-20(37)13-36)45-16-21-6-7-22(17-45)47(21)34(49)33(44-40)53(2,50)51/h1,5,8,11-12,14,20-22,48H,4,6-7,9-10,13,15-18H2,2H3/t20-,21?,22?,36+/m1/s1. The lowest BCUT2D eigenvalue weighted by molar-refractivity contribution is -0.131. The summed E-state index contributed by atoms with van der Waals surface area (Å²) in [5.74, 6) is -0.223. The van der Waals surface area contributed by atoms with E-state index >= 15 is 4.39 Å². The molecule has 17 heteroatoms. The van der Waals surface area contributed by atoms with Crippen LogP contribution < -0.4 is 9.64 Å².